The van der Waals surface area contributed by atoms with E-state index in [4.69, 9.17) is 0 Å². The largest absolute Gasteiger partial charge is 0.480 e. The maximum atomic E-state index is 14.8. The van der Waals surface area contributed by atoms with Gasteiger partial charge in [-0.15, -0.1) is 11.3 Å². The first-order valence-electron chi connectivity index (χ1n) is 14.4. The number of hydrogen-bond acceptors (Lipinski definition) is 7. The average Bonchev–Trinajstić information content (AvgIpc) is 3.58. The van der Waals surface area contributed by atoms with Crippen LogP contribution in [0.4, 0.5) is 10.1 Å². The van der Waals surface area contributed by atoms with Gasteiger partial charge in [0.1, 0.15) is 22.3 Å². The summed E-state index contributed by atoms with van der Waals surface area (Å²) in [4.78, 5) is 26.6. The minimum Gasteiger partial charge on any atom is -0.480 e. The fraction of sp³-hybridized carbons (Fsp3) is 0.206. The van der Waals surface area contributed by atoms with E-state index < -0.39 is 33.3 Å². The standard InChI is InChI=1S/C34H29FN4O5S2/c1-20-7-10-25(11-8-20)46(43,44)39-28-12-9-23(35)16-27(28)30(26-13-14-45-29(26)17-36)31(39)21-5-4-6-24(15-21)38-18-22(19-38)32(40)37-34(2,3)33(41)42/h4-16,22H,18-19H2,1-3H3,(H,37,40)(H,41,42). The number of carboxylic acids is 1. The highest BCUT2D eigenvalue weighted by atomic mass is 32.2. The van der Waals surface area contributed by atoms with Gasteiger partial charge in [0.2, 0.25) is 5.91 Å². The summed E-state index contributed by atoms with van der Waals surface area (Å²) in [5.41, 5.74) is 2.14. The third-order valence-corrected chi connectivity index (χ3v) is 10.7. The van der Waals surface area contributed by atoms with Gasteiger partial charge in [0.05, 0.1) is 22.0 Å². The minimum absolute atomic E-state index is 0.0509. The molecular formula is C34H29FN4O5S2. The number of carboxylic acid groups (broad SMARTS) is 1. The summed E-state index contributed by atoms with van der Waals surface area (Å²) in [6.07, 6.45) is 0. The zero-order valence-electron chi connectivity index (χ0n) is 25.1. The fourth-order valence-electron chi connectivity index (χ4n) is 5.60. The molecule has 2 aromatic heterocycles. The minimum atomic E-state index is -4.23. The average molecular weight is 657 g/mol. The molecule has 1 aliphatic rings. The van der Waals surface area contributed by atoms with Gasteiger partial charge in [-0.2, -0.15) is 5.26 Å². The zero-order valence-corrected chi connectivity index (χ0v) is 26.7. The molecule has 46 heavy (non-hydrogen) atoms. The number of anilines is 1. The third kappa shape index (κ3) is 5.31. The van der Waals surface area contributed by atoms with E-state index >= 15 is 0 Å². The maximum Gasteiger partial charge on any atom is 0.328 e. The molecule has 2 N–H and O–H groups in total. The highest BCUT2D eigenvalue weighted by Gasteiger charge is 2.38. The quantitative estimate of drug-likeness (QED) is 0.209. The van der Waals surface area contributed by atoms with Crippen molar-refractivity contribution in [2.24, 2.45) is 5.92 Å². The van der Waals surface area contributed by atoms with E-state index in [-0.39, 0.29) is 22.0 Å². The van der Waals surface area contributed by atoms with Gasteiger partial charge < -0.3 is 15.3 Å². The number of fused-ring (bicyclic) bond motifs is 1. The summed E-state index contributed by atoms with van der Waals surface area (Å²) >= 11 is 1.21. The molecule has 12 heteroatoms. The monoisotopic (exact) mass is 656 g/mol. The van der Waals surface area contributed by atoms with Gasteiger partial charge in [0, 0.05) is 40.9 Å². The lowest BCUT2D eigenvalue weighted by molar-refractivity contribution is -0.146. The van der Waals surface area contributed by atoms with E-state index in [0.717, 1.165) is 5.56 Å². The summed E-state index contributed by atoms with van der Waals surface area (Å²) in [6, 6.07) is 21.5. The Kier molecular flexibility index (Phi) is 7.70. The second-order valence-corrected chi connectivity index (χ2v) is 14.5. The predicted molar refractivity (Wildman–Crippen MR) is 175 cm³/mol. The summed E-state index contributed by atoms with van der Waals surface area (Å²) in [5, 5.41) is 24.0. The summed E-state index contributed by atoms with van der Waals surface area (Å²) in [7, 11) is -4.23. The van der Waals surface area contributed by atoms with Crippen LogP contribution in [0.1, 0.15) is 24.3 Å². The van der Waals surface area contributed by atoms with Crippen LogP contribution in [0.3, 0.4) is 0 Å². The molecule has 1 fully saturated rings. The number of aliphatic carboxylic acids is 1. The van der Waals surface area contributed by atoms with E-state index in [2.05, 4.69) is 11.4 Å². The number of carbonyl (C=O) groups excluding carboxylic acids is 1. The molecule has 5 aromatic rings. The number of nitrogens with one attached hydrogen (secondary N) is 1. The molecule has 1 amide bonds. The van der Waals surface area contributed by atoms with Gasteiger partial charge >= 0.3 is 5.97 Å². The van der Waals surface area contributed by atoms with Gasteiger partial charge in [0.25, 0.3) is 10.0 Å². The molecular weight excluding hydrogens is 628 g/mol. The van der Waals surface area contributed by atoms with Crippen molar-refractivity contribution in [3.63, 3.8) is 0 Å². The van der Waals surface area contributed by atoms with Gasteiger partial charge in [-0.25, -0.2) is 21.6 Å². The topological polar surface area (TPSA) is 132 Å². The Balaban J connectivity index is 1.51. The van der Waals surface area contributed by atoms with Crippen LogP contribution in [-0.2, 0) is 19.6 Å². The highest BCUT2D eigenvalue weighted by Crippen LogP contribution is 2.46. The number of nitriles is 1. The molecule has 0 saturated carbocycles. The first-order valence-corrected chi connectivity index (χ1v) is 16.7. The maximum absolute atomic E-state index is 14.8. The van der Waals surface area contributed by atoms with Crippen LogP contribution >= 0.6 is 11.3 Å². The van der Waals surface area contributed by atoms with Crippen molar-refractivity contribution >= 4 is 49.8 Å². The van der Waals surface area contributed by atoms with Gasteiger partial charge in [-0.1, -0.05) is 29.8 Å². The summed E-state index contributed by atoms with van der Waals surface area (Å²) in [5.74, 6) is -2.49. The van der Waals surface area contributed by atoms with Gasteiger partial charge in [0.15, 0.2) is 0 Å². The molecule has 1 aliphatic heterocycles. The zero-order chi connectivity index (χ0) is 33.0. The molecule has 0 unspecified atom stereocenters. The number of hydrogen-bond donors (Lipinski definition) is 2. The Hall–Kier alpha value is -4.99. The number of carbonyl (C=O) groups is 2. The second kappa shape index (κ2) is 11.4. The molecule has 3 heterocycles. The molecule has 0 radical (unpaired) electrons. The number of thiophene rings is 1. The summed E-state index contributed by atoms with van der Waals surface area (Å²) in [6.45, 7) is 5.36. The molecule has 9 nitrogen and oxygen atoms in total. The summed E-state index contributed by atoms with van der Waals surface area (Å²) < 4.78 is 45.0. The predicted octanol–water partition coefficient (Wildman–Crippen LogP) is 6.01. The van der Waals surface area contributed by atoms with Crippen LogP contribution in [-0.4, -0.2) is 48.0 Å². The first-order chi connectivity index (χ1) is 21.8. The van der Waals surface area contributed by atoms with Crippen molar-refractivity contribution in [2.45, 2.75) is 31.2 Å². The smallest absolute Gasteiger partial charge is 0.328 e. The molecule has 0 bridgehead atoms. The number of benzene rings is 3. The van der Waals surface area contributed by atoms with Crippen molar-refractivity contribution in [3.05, 3.63) is 94.4 Å². The van der Waals surface area contributed by atoms with E-state index in [1.165, 1.54) is 59.5 Å². The first kappa shape index (κ1) is 31.0. The fourth-order valence-corrected chi connectivity index (χ4v) is 7.83. The van der Waals surface area contributed by atoms with Crippen LogP contribution in [0.2, 0.25) is 0 Å². The SMILES string of the molecule is Cc1ccc(S(=O)(=O)n2c(-c3cccc(N4CC(C(=O)NC(C)(C)C(=O)O)C4)c3)c(-c3ccsc3C#N)c3cc(F)ccc32)cc1. The second-order valence-electron chi connectivity index (χ2n) is 11.8. The molecule has 6 rings (SSSR count). The third-order valence-electron chi connectivity index (χ3n) is 8.19. The molecule has 0 atom stereocenters. The molecule has 3 aromatic carbocycles. The Morgan fingerprint density at radius 3 is 2.46 bits per heavy atom. The molecule has 1 saturated heterocycles. The normalized spacial score (nSPS) is 13.8. The number of rotatable bonds is 8. The van der Waals surface area contributed by atoms with Crippen molar-refractivity contribution < 1.29 is 27.5 Å². The van der Waals surface area contributed by atoms with E-state index in [0.29, 0.717) is 45.7 Å². The van der Waals surface area contributed by atoms with E-state index in [1.807, 2.05) is 24.0 Å². The molecule has 234 valence electrons. The van der Waals surface area contributed by atoms with Crippen molar-refractivity contribution in [1.29, 1.82) is 5.26 Å². The number of nitrogens with zero attached hydrogens (tertiary/aromatic N) is 3. The van der Waals surface area contributed by atoms with Crippen molar-refractivity contribution in [3.8, 4) is 28.5 Å². The molecule has 0 aliphatic carbocycles. The van der Waals surface area contributed by atoms with Gasteiger partial charge in [-0.3, -0.25) is 4.79 Å². The number of aromatic nitrogens is 1. The van der Waals surface area contributed by atoms with Crippen LogP contribution in [0, 0.1) is 30.0 Å². The highest BCUT2D eigenvalue weighted by molar-refractivity contribution is 7.90. The van der Waals surface area contributed by atoms with Crippen LogP contribution in [0.15, 0.2) is 83.1 Å². The number of aryl methyl sites for hydroxylation is 1. The Morgan fingerprint density at radius 1 is 1.07 bits per heavy atom. The Labute approximate surface area is 269 Å². The lowest BCUT2D eigenvalue weighted by atomic mass is 9.94. The number of halogens is 1. The van der Waals surface area contributed by atoms with Crippen molar-refractivity contribution in [1.82, 2.24) is 9.29 Å². The number of amides is 1. The van der Waals surface area contributed by atoms with Crippen molar-refractivity contribution in [2.75, 3.05) is 18.0 Å². The van der Waals surface area contributed by atoms with Crippen LogP contribution < -0.4 is 10.2 Å². The van der Waals surface area contributed by atoms with E-state index in [9.17, 15) is 32.8 Å². The lowest BCUT2D eigenvalue weighted by Gasteiger charge is -2.41. The van der Waals surface area contributed by atoms with Gasteiger partial charge in [-0.05, 0) is 74.7 Å². The molecule has 0 spiro atoms. The van der Waals surface area contributed by atoms with Crippen LogP contribution in [0.5, 0.6) is 0 Å². The lowest BCUT2D eigenvalue weighted by Crippen LogP contribution is -2.59. The Morgan fingerprint density at radius 2 is 1.78 bits per heavy atom. The van der Waals surface area contributed by atoms with E-state index in [1.54, 1.807) is 35.7 Å². The van der Waals surface area contributed by atoms with Crippen LogP contribution in [0.25, 0.3) is 33.3 Å². The Bertz CT molecular complexity index is 2170.